The van der Waals surface area contributed by atoms with Gasteiger partial charge in [-0.15, -0.1) is 0 Å². The molecule has 160 valence electrons. The highest BCUT2D eigenvalue weighted by atomic mass is 16.5. The molecule has 0 aromatic heterocycles. The van der Waals surface area contributed by atoms with Crippen molar-refractivity contribution in [3.8, 4) is 0 Å². The lowest BCUT2D eigenvalue weighted by Crippen LogP contribution is -2.03. The van der Waals surface area contributed by atoms with Gasteiger partial charge >= 0.3 is 0 Å². The van der Waals surface area contributed by atoms with E-state index in [0.717, 1.165) is 13.2 Å². The molecule has 4 aromatic carbocycles. The van der Waals surface area contributed by atoms with Crippen molar-refractivity contribution in [2.45, 2.75) is 38.5 Å². The van der Waals surface area contributed by atoms with Crippen LogP contribution in [0.25, 0.3) is 10.8 Å². The Morgan fingerprint density at radius 2 is 0.774 bits per heavy atom. The molecule has 1 aliphatic carbocycles. The van der Waals surface area contributed by atoms with Crippen LogP contribution in [0.4, 0.5) is 0 Å². The van der Waals surface area contributed by atoms with E-state index in [2.05, 4.69) is 72.8 Å². The topological polar surface area (TPSA) is 9.23 Å². The molecule has 1 heteroatoms. The van der Waals surface area contributed by atoms with E-state index in [4.69, 9.17) is 4.74 Å². The van der Waals surface area contributed by atoms with Crippen LogP contribution in [0.2, 0.25) is 0 Å². The Bertz CT molecular complexity index is 847. The maximum absolute atomic E-state index is 5.07. The molecule has 1 saturated heterocycles. The summed E-state index contributed by atoms with van der Waals surface area (Å²) in [4.78, 5) is 0. The Hall–Kier alpha value is -2.90. The Morgan fingerprint density at radius 1 is 0.387 bits per heavy atom. The number of aryl methyl sites for hydroxylation is 2. The summed E-state index contributed by atoms with van der Waals surface area (Å²) < 4.78 is 5.07. The zero-order chi connectivity index (χ0) is 21.4. The first kappa shape index (κ1) is 22.8. The van der Waals surface area contributed by atoms with Crippen LogP contribution in [0.5, 0.6) is 0 Å². The molecule has 0 amide bonds. The third-order valence-electron chi connectivity index (χ3n) is 5.41. The normalized spacial score (nSPS) is 13.9. The van der Waals surface area contributed by atoms with Gasteiger partial charge in [0, 0.05) is 13.2 Å². The van der Waals surface area contributed by atoms with Gasteiger partial charge in [-0.3, -0.25) is 0 Å². The van der Waals surface area contributed by atoms with Crippen LogP contribution in [0.1, 0.15) is 36.8 Å². The molecule has 0 unspecified atom stereocenters. The van der Waals surface area contributed by atoms with E-state index in [0.29, 0.717) is 0 Å². The zero-order valence-corrected chi connectivity index (χ0v) is 18.5. The van der Waals surface area contributed by atoms with Gasteiger partial charge in [0.25, 0.3) is 0 Å². The fourth-order valence-electron chi connectivity index (χ4n) is 3.72. The van der Waals surface area contributed by atoms with Gasteiger partial charge < -0.3 is 4.74 Å². The molecule has 2 aliphatic rings. The minimum absolute atomic E-state index is 1.00. The summed E-state index contributed by atoms with van der Waals surface area (Å²) in [6.45, 7) is 2.00. The van der Waals surface area contributed by atoms with Gasteiger partial charge in [-0.05, 0) is 60.4 Å². The van der Waals surface area contributed by atoms with Crippen molar-refractivity contribution in [2.24, 2.45) is 0 Å². The van der Waals surface area contributed by atoms with Crippen molar-refractivity contribution in [2.75, 3.05) is 13.2 Å². The molecule has 0 saturated carbocycles. The summed E-state index contributed by atoms with van der Waals surface area (Å²) in [7, 11) is 0. The molecule has 4 aromatic rings. The van der Waals surface area contributed by atoms with Crippen LogP contribution in [-0.2, 0) is 17.6 Å². The summed E-state index contributed by atoms with van der Waals surface area (Å²) in [5.41, 5.74) is 3.13. The molecular formula is C30H34O. The van der Waals surface area contributed by atoms with Gasteiger partial charge in [0.15, 0.2) is 0 Å². The van der Waals surface area contributed by atoms with Crippen LogP contribution in [0.15, 0.2) is 109 Å². The highest BCUT2D eigenvalue weighted by Crippen LogP contribution is 2.20. The van der Waals surface area contributed by atoms with Gasteiger partial charge in [0.05, 0.1) is 0 Å². The van der Waals surface area contributed by atoms with Crippen LogP contribution >= 0.6 is 0 Å². The SMILES string of the molecule is C1CCOCC1.c1ccc2c(c1)CCC2.c1ccc2ccccc2c1.c1ccccc1. The monoisotopic (exact) mass is 410 g/mol. The summed E-state index contributed by atoms with van der Waals surface area (Å²) in [5, 5.41) is 2.62. The van der Waals surface area contributed by atoms with Crippen LogP contribution in [-0.4, -0.2) is 13.2 Å². The van der Waals surface area contributed by atoms with E-state index < -0.39 is 0 Å². The third-order valence-corrected chi connectivity index (χ3v) is 5.41. The Morgan fingerprint density at radius 3 is 1.10 bits per heavy atom. The van der Waals surface area contributed by atoms with Crippen molar-refractivity contribution in [3.63, 3.8) is 0 Å². The average molecular weight is 411 g/mol. The van der Waals surface area contributed by atoms with Crippen LogP contribution in [0, 0.1) is 0 Å². The molecule has 0 atom stereocenters. The molecule has 0 radical (unpaired) electrons. The van der Waals surface area contributed by atoms with Gasteiger partial charge in [0.2, 0.25) is 0 Å². The molecular weight excluding hydrogens is 376 g/mol. The molecule has 1 fully saturated rings. The molecule has 6 rings (SSSR count). The van der Waals surface area contributed by atoms with Crippen molar-refractivity contribution in [1.82, 2.24) is 0 Å². The predicted molar refractivity (Wildman–Crippen MR) is 134 cm³/mol. The lowest BCUT2D eigenvalue weighted by atomic mass is 10.1. The van der Waals surface area contributed by atoms with Crippen LogP contribution in [0.3, 0.4) is 0 Å². The Kier molecular flexibility index (Phi) is 10.4. The maximum atomic E-state index is 5.07. The summed E-state index contributed by atoms with van der Waals surface area (Å²) >= 11 is 0. The Balaban J connectivity index is 0.000000120. The highest BCUT2D eigenvalue weighted by Gasteiger charge is 2.07. The molecule has 1 nitrogen and oxygen atoms in total. The highest BCUT2D eigenvalue weighted by molar-refractivity contribution is 5.82. The standard InChI is InChI=1S/C10H8.C9H10.C6H6.C5H10O/c1-2-6-10-8-4-3-7-9(10)5-1;1-2-5-9-7-3-6-8(9)4-1;2*1-2-4-6-5-3-1/h1-8H;1-2,4-5H,3,6-7H2;1-6H;1-5H2. The maximum Gasteiger partial charge on any atom is 0.0466 e. The molecule has 0 spiro atoms. The lowest BCUT2D eigenvalue weighted by Gasteiger charge is -2.08. The van der Waals surface area contributed by atoms with E-state index in [-0.39, 0.29) is 0 Å². The van der Waals surface area contributed by atoms with Gasteiger partial charge in [-0.1, -0.05) is 109 Å². The molecule has 1 heterocycles. The second-order valence-electron chi connectivity index (χ2n) is 7.80. The fraction of sp³-hybridized carbons (Fsp3) is 0.267. The van der Waals surface area contributed by atoms with Gasteiger partial charge in [-0.25, -0.2) is 0 Å². The number of fused-ring (bicyclic) bond motifs is 2. The van der Waals surface area contributed by atoms with Crippen molar-refractivity contribution in [3.05, 3.63) is 120 Å². The number of hydrogen-bond acceptors (Lipinski definition) is 1. The average Bonchev–Trinajstić information content (AvgIpc) is 3.37. The predicted octanol–water partition coefficient (Wildman–Crippen LogP) is 7.89. The number of rotatable bonds is 0. The number of benzene rings is 4. The lowest BCUT2D eigenvalue weighted by molar-refractivity contribution is 0.0968. The number of hydrogen-bond donors (Lipinski definition) is 0. The Labute approximate surface area is 187 Å². The van der Waals surface area contributed by atoms with Gasteiger partial charge in [0.1, 0.15) is 0 Å². The largest absolute Gasteiger partial charge is 0.381 e. The first-order valence-corrected chi connectivity index (χ1v) is 11.5. The first-order valence-electron chi connectivity index (χ1n) is 11.5. The summed E-state index contributed by atoms with van der Waals surface area (Å²) in [5.74, 6) is 0. The van der Waals surface area contributed by atoms with E-state index in [1.54, 1.807) is 11.1 Å². The second kappa shape index (κ2) is 14.2. The smallest absolute Gasteiger partial charge is 0.0466 e. The molecule has 0 N–H and O–H groups in total. The quantitative estimate of drug-likeness (QED) is 0.286. The number of ether oxygens (including phenoxy) is 1. The molecule has 31 heavy (non-hydrogen) atoms. The fourth-order valence-corrected chi connectivity index (χ4v) is 3.72. The molecule has 0 bridgehead atoms. The summed E-state index contributed by atoms with van der Waals surface area (Å²) in [6.07, 6.45) is 7.89. The van der Waals surface area contributed by atoms with E-state index in [1.165, 1.54) is 49.3 Å². The van der Waals surface area contributed by atoms with E-state index in [1.807, 2.05) is 36.4 Å². The minimum Gasteiger partial charge on any atom is -0.381 e. The van der Waals surface area contributed by atoms with Crippen molar-refractivity contribution < 1.29 is 4.74 Å². The van der Waals surface area contributed by atoms with E-state index in [9.17, 15) is 0 Å². The second-order valence-corrected chi connectivity index (χ2v) is 7.80. The van der Waals surface area contributed by atoms with Crippen molar-refractivity contribution >= 4 is 10.8 Å². The zero-order valence-electron chi connectivity index (χ0n) is 18.5. The minimum atomic E-state index is 1.00. The third kappa shape index (κ3) is 8.78. The molecule has 1 aliphatic heterocycles. The van der Waals surface area contributed by atoms with Crippen LogP contribution < -0.4 is 0 Å². The first-order chi connectivity index (χ1) is 15.4. The van der Waals surface area contributed by atoms with Crippen molar-refractivity contribution in [1.29, 1.82) is 0 Å². The summed E-state index contributed by atoms with van der Waals surface area (Å²) in [6, 6.07) is 37.4. The van der Waals surface area contributed by atoms with E-state index >= 15 is 0 Å². The van der Waals surface area contributed by atoms with Gasteiger partial charge in [-0.2, -0.15) is 0 Å².